The second-order valence-electron chi connectivity index (χ2n) is 11.1. The van der Waals surface area contributed by atoms with E-state index in [0.29, 0.717) is 21.8 Å². The van der Waals surface area contributed by atoms with Crippen LogP contribution in [0.15, 0.2) is 47.6 Å². The molecule has 0 unspecified atom stereocenters. The maximum atomic E-state index is 13.3. The van der Waals surface area contributed by atoms with Crippen LogP contribution in [0.25, 0.3) is 5.69 Å². The van der Waals surface area contributed by atoms with Gasteiger partial charge in [0.25, 0.3) is 0 Å². The summed E-state index contributed by atoms with van der Waals surface area (Å²) in [6.45, 7) is 2.26. The average Bonchev–Trinajstić information content (AvgIpc) is 3.25. The number of nitrogens with one attached hydrogen (secondary N) is 2. The minimum Gasteiger partial charge on any atom is -0.333 e. The highest BCUT2D eigenvalue weighted by molar-refractivity contribution is 7.98. The van der Waals surface area contributed by atoms with Gasteiger partial charge in [-0.2, -0.15) is 0 Å². The number of aryl methyl sites for hydroxylation is 1. The molecular formula is C28H31ClFN5OS. The van der Waals surface area contributed by atoms with Gasteiger partial charge in [-0.05, 0) is 98.6 Å². The number of rotatable bonds is 7. The van der Waals surface area contributed by atoms with Crippen LogP contribution in [-0.2, 0) is 12.3 Å². The molecule has 4 aliphatic rings. The van der Waals surface area contributed by atoms with E-state index < -0.39 is 0 Å². The van der Waals surface area contributed by atoms with Crippen molar-refractivity contribution in [2.24, 2.45) is 17.8 Å². The van der Waals surface area contributed by atoms with E-state index in [4.69, 9.17) is 11.6 Å². The van der Waals surface area contributed by atoms with Crippen LogP contribution in [0.4, 0.5) is 9.18 Å². The fourth-order valence-electron chi connectivity index (χ4n) is 7.01. The fraction of sp³-hybridized carbons (Fsp3) is 0.464. The number of nitrogens with zero attached hydrogens (tertiary/aromatic N) is 3. The Labute approximate surface area is 225 Å². The Morgan fingerprint density at radius 2 is 1.76 bits per heavy atom. The number of carbonyl (C=O) groups is 1. The molecule has 4 fully saturated rings. The van der Waals surface area contributed by atoms with Gasteiger partial charge in [0.05, 0.1) is 12.2 Å². The van der Waals surface area contributed by atoms with Gasteiger partial charge in [-0.15, -0.1) is 10.2 Å². The topological polar surface area (TPSA) is 71.8 Å². The van der Waals surface area contributed by atoms with Crippen LogP contribution in [0.3, 0.4) is 0 Å². The molecule has 0 spiro atoms. The van der Waals surface area contributed by atoms with Gasteiger partial charge < -0.3 is 10.6 Å². The first-order chi connectivity index (χ1) is 17.9. The Hall–Kier alpha value is -2.58. The zero-order valence-corrected chi connectivity index (χ0v) is 22.4. The minimum atomic E-state index is -0.258. The number of carbonyl (C=O) groups excluding carboxylic acids is 1. The molecule has 4 aliphatic carbocycles. The van der Waals surface area contributed by atoms with Gasteiger partial charge in [0.1, 0.15) is 5.82 Å². The van der Waals surface area contributed by atoms with Gasteiger partial charge in [-0.1, -0.05) is 41.6 Å². The molecule has 2 aromatic carbocycles. The molecule has 6 nitrogen and oxygen atoms in total. The summed E-state index contributed by atoms with van der Waals surface area (Å²) in [5, 5.41) is 16.6. The van der Waals surface area contributed by atoms with E-state index in [-0.39, 0.29) is 23.9 Å². The summed E-state index contributed by atoms with van der Waals surface area (Å²) in [5.41, 5.74) is 2.83. The molecule has 4 saturated carbocycles. The van der Waals surface area contributed by atoms with E-state index in [1.807, 2.05) is 29.7 Å². The van der Waals surface area contributed by atoms with E-state index in [2.05, 4.69) is 20.8 Å². The number of thioether (sulfide) groups is 1. The molecule has 1 heterocycles. The van der Waals surface area contributed by atoms with Crippen molar-refractivity contribution >= 4 is 29.4 Å². The van der Waals surface area contributed by atoms with Gasteiger partial charge in [0.15, 0.2) is 11.0 Å². The molecular weight excluding hydrogens is 509 g/mol. The number of halogens is 2. The van der Waals surface area contributed by atoms with Crippen LogP contribution in [0.5, 0.6) is 0 Å². The third-order valence-electron chi connectivity index (χ3n) is 8.22. The zero-order chi connectivity index (χ0) is 25.6. The number of benzene rings is 2. The number of amides is 2. The average molecular weight is 540 g/mol. The van der Waals surface area contributed by atoms with Crippen LogP contribution >= 0.6 is 23.4 Å². The molecule has 0 aliphatic heterocycles. The molecule has 7 rings (SSSR count). The summed E-state index contributed by atoms with van der Waals surface area (Å²) in [5.74, 6) is 3.28. The fourth-order valence-corrected chi connectivity index (χ4v) is 8.10. The Morgan fingerprint density at radius 1 is 1.08 bits per heavy atom. The molecule has 194 valence electrons. The maximum absolute atomic E-state index is 13.3. The maximum Gasteiger partial charge on any atom is 0.315 e. The van der Waals surface area contributed by atoms with Gasteiger partial charge >= 0.3 is 6.03 Å². The van der Waals surface area contributed by atoms with Crippen LogP contribution in [-0.4, -0.2) is 26.3 Å². The van der Waals surface area contributed by atoms with Crippen molar-refractivity contribution < 1.29 is 9.18 Å². The Morgan fingerprint density at radius 3 is 2.43 bits per heavy atom. The predicted molar refractivity (Wildman–Crippen MR) is 143 cm³/mol. The first-order valence-electron chi connectivity index (χ1n) is 13.0. The molecule has 3 aromatic rings. The molecule has 9 heteroatoms. The predicted octanol–water partition coefficient (Wildman–Crippen LogP) is 6.43. The van der Waals surface area contributed by atoms with Gasteiger partial charge in [-0.25, -0.2) is 9.18 Å². The van der Waals surface area contributed by atoms with Crippen molar-refractivity contribution in [3.63, 3.8) is 0 Å². The highest BCUT2D eigenvalue weighted by Crippen LogP contribution is 2.55. The van der Waals surface area contributed by atoms with Crippen molar-refractivity contribution in [2.45, 2.75) is 68.4 Å². The number of aromatic nitrogens is 3. The molecule has 0 radical (unpaired) electrons. The quantitative estimate of drug-likeness (QED) is 0.339. The second-order valence-corrected chi connectivity index (χ2v) is 12.5. The van der Waals surface area contributed by atoms with Gasteiger partial charge in [0, 0.05) is 16.3 Å². The van der Waals surface area contributed by atoms with Crippen LogP contribution in [0.1, 0.15) is 55.5 Å². The Bertz CT molecular complexity index is 1280. The van der Waals surface area contributed by atoms with E-state index in [9.17, 15) is 9.18 Å². The molecule has 0 atom stereocenters. The largest absolute Gasteiger partial charge is 0.333 e. The number of hydrogen-bond donors (Lipinski definition) is 2. The van der Waals surface area contributed by atoms with Crippen molar-refractivity contribution in [2.75, 3.05) is 0 Å². The summed E-state index contributed by atoms with van der Waals surface area (Å²) in [6, 6.07) is 12.0. The monoisotopic (exact) mass is 539 g/mol. The highest BCUT2D eigenvalue weighted by atomic mass is 35.5. The minimum absolute atomic E-state index is 0.0494. The number of hydrogen-bond acceptors (Lipinski definition) is 4. The second kappa shape index (κ2) is 9.95. The molecule has 1 aromatic heterocycles. The lowest BCUT2D eigenvalue weighted by molar-refractivity contribution is -0.0135. The Balaban J connectivity index is 1.19. The van der Waals surface area contributed by atoms with Crippen LogP contribution < -0.4 is 10.6 Å². The lowest BCUT2D eigenvalue weighted by Crippen LogP contribution is -2.61. The third kappa shape index (κ3) is 5.23. The van der Waals surface area contributed by atoms with E-state index >= 15 is 0 Å². The van der Waals surface area contributed by atoms with Crippen LogP contribution in [0.2, 0.25) is 5.02 Å². The SMILES string of the molecule is Cc1ccc(Cl)cc1-n1c(CNC(=O)NC23CC4CC(CC(C4)C2)C3)nnc1SCc1ccc(F)cc1. The molecule has 4 bridgehead atoms. The molecule has 2 amide bonds. The first kappa shape index (κ1) is 24.7. The molecule has 37 heavy (non-hydrogen) atoms. The van der Waals surface area contributed by atoms with Crippen molar-refractivity contribution in [3.05, 3.63) is 70.3 Å². The normalized spacial score (nSPS) is 25.9. The number of urea groups is 1. The Kier molecular flexibility index (Phi) is 6.65. The summed E-state index contributed by atoms with van der Waals surface area (Å²) in [6.07, 6.45) is 7.33. The van der Waals surface area contributed by atoms with E-state index in [1.54, 1.807) is 12.1 Å². The van der Waals surface area contributed by atoms with Crippen molar-refractivity contribution in [3.8, 4) is 5.69 Å². The third-order valence-corrected chi connectivity index (χ3v) is 9.45. The molecule has 2 N–H and O–H groups in total. The van der Waals surface area contributed by atoms with Gasteiger partial charge in [-0.3, -0.25) is 4.57 Å². The zero-order valence-electron chi connectivity index (χ0n) is 20.8. The van der Waals surface area contributed by atoms with E-state index in [1.165, 1.54) is 43.2 Å². The smallest absolute Gasteiger partial charge is 0.315 e. The lowest BCUT2D eigenvalue weighted by atomic mass is 9.53. The standard InChI is InChI=1S/C28H31ClFN5OS/c1-17-2-5-22(29)11-24(17)35-25(33-34-27(35)37-16-18-3-6-23(30)7-4-18)15-31-26(36)32-28-12-19-8-20(13-28)10-21(9-19)14-28/h2-7,11,19-21H,8-10,12-16H2,1H3,(H2,31,32,36). The summed E-state index contributed by atoms with van der Waals surface area (Å²) in [7, 11) is 0. The van der Waals surface area contributed by atoms with Crippen molar-refractivity contribution in [1.82, 2.24) is 25.4 Å². The lowest BCUT2D eigenvalue weighted by Gasteiger charge is -2.56. The summed E-state index contributed by atoms with van der Waals surface area (Å²) in [4.78, 5) is 13.1. The van der Waals surface area contributed by atoms with Crippen molar-refractivity contribution in [1.29, 1.82) is 0 Å². The van der Waals surface area contributed by atoms with E-state index in [0.717, 1.165) is 53.8 Å². The highest BCUT2D eigenvalue weighted by Gasteiger charge is 2.51. The first-order valence-corrected chi connectivity index (χ1v) is 14.4. The summed E-state index contributed by atoms with van der Waals surface area (Å²) < 4.78 is 15.3. The van der Waals surface area contributed by atoms with Crippen LogP contribution in [0, 0.1) is 30.5 Å². The molecule has 0 saturated heterocycles. The van der Waals surface area contributed by atoms with Gasteiger partial charge in [0.2, 0.25) is 0 Å². The summed E-state index contributed by atoms with van der Waals surface area (Å²) >= 11 is 7.86.